The Bertz CT molecular complexity index is 1070. The van der Waals surface area contributed by atoms with E-state index in [9.17, 15) is 22.8 Å². The first-order valence-electron chi connectivity index (χ1n) is 10.1. The Morgan fingerprint density at radius 3 is 2.19 bits per heavy atom. The highest BCUT2D eigenvalue weighted by Gasteiger charge is 2.29. The normalized spacial score (nSPS) is 15.0. The van der Waals surface area contributed by atoms with Gasteiger partial charge >= 0.3 is 11.8 Å². The molecule has 1 fully saturated rings. The molecule has 1 aromatic carbocycles. The van der Waals surface area contributed by atoms with Crippen molar-refractivity contribution < 1.29 is 22.8 Å². The van der Waals surface area contributed by atoms with Crippen LogP contribution in [0.3, 0.4) is 0 Å². The summed E-state index contributed by atoms with van der Waals surface area (Å²) in [4.78, 5) is 39.3. The lowest BCUT2D eigenvalue weighted by Gasteiger charge is -2.31. The molecule has 0 atom stereocenters. The third-order valence-electron chi connectivity index (χ3n) is 5.07. The Morgan fingerprint density at radius 1 is 1.00 bits per heavy atom. The van der Waals surface area contributed by atoms with Crippen molar-refractivity contribution in [1.29, 1.82) is 0 Å². The Hall–Kier alpha value is -3.31. The number of sulfonamides is 1. The number of aromatic nitrogens is 1. The molecule has 170 valence electrons. The number of rotatable bonds is 6. The molecule has 32 heavy (non-hydrogen) atoms. The second kappa shape index (κ2) is 10.3. The smallest absolute Gasteiger partial charge is 0.313 e. The molecule has 0 bridgehead atoms. The minimum absolute atomic E-state index is 0.0732. The molecule has 0 radical (unpaired) electrons. The summed E-state index contributed by atoms with van der Waals surface area (Å²) in [5.74, 6) is -1.69. The fourth-order valence-electron chi connectivity index (χ4n) is 3.35. The van der Waals surface area contributed by atoms with Crippen molar-refractivity contribution in [3.63, 3.8) is 0 Å². The summed E-state index contributed by atoms with van der Waals surface area (Å²) in [7, 11) is -3.58. The lowest BCUT2D eigenvalue weighted by Crippen LogP contribution is -2.43. The van der Waals surface area contributed by atoms with Crippen LogP contribution in [0.4, 0.5) is 11.4 Å². The van der Waals surface area contributed by atoms with Crippen LogP contribution in [-0.2, 0) is 24.4 Å². The molecule has 2 heterocycles. The van der Waals surface area contributed by atoms with E-state index in [4.69, 9.17) is 0 Å². The van der Waals surface area contributed by atoms with Gasteiger partial charge in [-0.2, -0.15) is 4.31 Å². The highest BCUT2D eigenvalue weighted by Crippen LogP contribution is 2.23. The van der Waals surface area contributed by atoms with Crippen molar-refractivity contribution in [3.05, 3.63) is 48.8 Å². The van der Waals surface area contributed by atoms with Gasteiger partial charge in [0.2, 0.25) is 15.9 Å². The van der Waals surface area contributed by atoms with E-state index in [0.717, 1.165) is 0 Å². The molecule has 1 aromatic heterocycles. The number of nitrogens with zero attached hydrogens (tertiary/aromatic N) is 2. The van der Waals surface area contributed by atoms with E-state index in [-0.39, 0.29) is 23.3 Å². The van der Waals surface area contributed by atoms with Gasteiger partial charge in [0, 0.05) is 50.3 Å². The van der Waals surface area contributed by atoms with Crippen molar-refractivity contribution in [2.24, 2.45) is 5.92 Å². The predicted molar refractivity (Wildman–Crippen MR) is 118 cm³/mol. The molecule has 2 aromatic rings. The highest BCUT2D eigenvalue weighted by molar-refractivity contribution is 7.89. The number of pyridine rings is 1. The van der Waals surface area contributed by atoms with E-state index in [0.29, 0.717) is 37.3 Å². The van der Waals surface area contributed by atoms with E-state index in [1.54, 1.807) is 30.3 Å². The summed E-state index contributed by atoms with van der Waals surface area (Å²) in [5.41, 5.74) is 1.00. The standard InChI is InChI=1S/C21H25N5O5S/c1-15(27)24-17-4-6-18(7-5-17)25-21(29)20(28)23-13-16-8-11-26(12-9-16)32(30,31)19-3-2-10-22-14-19/h2-7,10,14,16H,8-9,11-13H2,1H3,(H,23,28)(H,24,27)(H,25,29). The maximum absolute atomic E-state index is 12.6. The van der Waals surface area contributed by atoms with Gasteiger partial charge in [-0.1, -0.05) is 0 Å². The van der Waals surface area contributed by atoms with Crippen LogP contribution in [0.5, 0.6) is 0 Å². The molecule has 0 saturated carbocycles. The van der Waals surface area contributed by atoms with Gasteiger partial charge in [0.15, 0.2) is 0 Å². The lowest BCUT2D eigenvalue weighted by atomic mass is 9.98. The van der Waals surface area contributed by atoms with Gasteiger partial charge in [-0.05, 0) is 55.2 Å². The summed E-state index contributed by atoms with van der Waals surface area (Å²) in [6, 6.07) is 9.48. The summed E-state index contributed by atoms with van der Waals surface area (Å²) in [6.45, 7) is 2.35. The average Bonchev–Trinajstić information content (AvgIpc) is 2.79. The first kappa shape index (κ1) is 23.4. The maximum atomic E-state index is 12.6. The van der Waals surface area contributed by atoms with Crippen LogP contribution >= 0.6 is 0 Å². The molecule has 3 rings (SSSR count). The number of carbonyl (C=O) groups is 3. The Kier molecular flexibility index (Phi) is 7.54. The first-order chi connectivity index (χ1) is 15.3. The Morgan fingerprint density at radius 2 is 1.62 bits per heavy atom. The van der Waals surface area contributed by atoms with Crippen molar-refractivity contribution in [1.82, 2.24) is 14.6 Å². The van der Waals surface area contributed by atoms with Gasteiger partial charge in [0.25, 0.3) is 0 Å². The number of piperidine rings is 1. The van der Waals surface area contributed by atoms with Crippen LogP contribution in [0.15, 0.2) is 53.7 Å². The summed E-state index contributed by atoms with van der Waals surface area (Å²) in [5, 5.41) is 7.72. The average molecular weight is 460 g/mol. The van der Waals surface area contributed by atoms with Crippen molar-refractivity contribution in [3.8, 4) is 0 Å². The number of hydrogen-bond donors (Lipinski definition) is 3. The molecule has 1 saturated heterocycles. The zero-order valence-electron chi connectivity index (χ0n) is 17.6. The van der Waals surface area contributed by atoms with Crippen LogP contribution in [0.2, 0.25) is 0 Å². The number of hydrogen-bond acceptors (Lipinski definition) is 6. The SMILES string of the molecule is CC(=O)Nc1ccc(NC(=O)C(=O)NCC2CCN(S(=O)(=O)c3cccnc3)CC2)cc1. The molecule has 0 spiro atoms. The quantitative estimate of drug-likeness (QED) is 0.555. The number of anilines is 2. The largest absolute Gasteiger partial charge is 0.348 e. The topological polar surface area (TPSA) is 138 Å². The Balaban J connectivity index is 1.43. The van der Waals surface area contributed by atoms with E-state index >= 15 is 0 Å². The number of amides is 3. The van der Waals surface area contributed by atoms with Gasteiger partial charge in [-0.3, -0.25) is 19.4 Å². The van der Waals surface area contributed by atoms with E-state index in [2.05, 4.69) is 20.9 Å². The molecule has 3 amide bonds. The van der Waals surface area contributed by atoms with Gasteiger partial charge in [-0.25, -0.2) is 8.42 Å². The van der Waals surface area contributed by atoms with Crippen molar-refractivity contribution in [2.75, 3.05) is 30.3 Å². The van der Waals surface area contributed by atoms with E-state index in [1.165, 1.54) is 29.7 Å². The van der Waals surface area contributed by atoms with Crippen LogP contribution in [-0.4, -0.2) is 55.1 Å². The summed E-state index contributed by atoms with van der Waals surface area (Å²) >= 11 is 0. The van der Waals surface area contributed by atoms with Crippen molar-refractivity contribution >= 4 is 39.1 Å². The van der Waals surface area contributed by atoms with Crippen molar-refractivity contribution in [2.45, 2.75) is 24.7 Å². The molecular formula is C21H25N5O5S. The lowest BCUT2D eigenvalue weighted by molar-refractivity contribution is -0.136. The molecule has 3 N–H and O–H groups in total. The zero-order chi connectivity index (χ0) is 23.1. The van der Waals surface area contributed by atoms with Crippen LogP contribution < -0.4 is 16.0 Å². The minimum atomic E-state index is -3.58. The van der Waals surface area contributed by atoms with Crippen LogP contribution in [0.25, 0.3) is 0 Å². The minimum Gasteiger partial charge on any atom is -0.348 e. The number of nitrogens with one attached hydrogen (secondary N) is 3. The monoisotopic (exact) mass is 459 g/mol. The van der Waals surface area contributed by atoms with Crippen LogP contribution in [0, 0.1) is 5.92 Å². The Labute approximate surface area is 186 Å². The van der Waals surface area contributed by atoms with Gasteiger partial charge in [-0.15, -0.1) is 0 Å². The van der Waals surface area contributed by atoms with E-state index < -0.39 is 21.8 Å². The first-order valence-corrected chi connectivity index (χ1v) is 11.6. The maximum Gasteiger partial charge on any atom is 0.313 e. The number of benzene rings is 1. The molecule has 1 aliphatic heterocycles. The highest BCUT2D eigenvalue weighted by atomic mass is 32.2. The summed E-state index contributed by atoms with van der Waals surface area (Å²) < 4.78 is 26.7. The molecular weight excluding hydrogens is 434 g/mol. The van der Waals surface area contributed by atoms with Crippen LogP contribution in [0.1, 0.15) is 19.8 Å². The van der Waals surface area contributed by atoms with E-state index in [1.807, 2.05) is 0 Å². The van der Waals surface area contributed by atoms with Gasteiger partial charge in [0.1, 0.15) is 4.90 Å². The fourth-order valence-corrected chi connectivity index (χ4v) is 4.78. The van der Waals surface area contributed by atoms with Gasteiger partial charge < -0.3 is 16.0 Å². The molecule has 0 unspecified atom stereocenters. The molecule has 10 nitrogen and oxygen atoms in total. The third kappa shape index (κ3) is 6.11. The second-order valence-electron chi connectivity index (χ2n) is 7.46. The fraction of sp³-hybridized carbons (Fsp3) is 0.333. The predicted octanol–water partition coefficient (Wildman–Crippen LogP) is 1.20. The zero-order valence-corrected chi connectivity index (χ0v) is 18.4. The summed E-state index contributed by atoms with van der Waals surface area (Å²) in [6.07, 6.45) is 4.00. The molecule has 11 heteroatoms. The third-order valence-corrected chi connectivity index (χ3v) is 6.95. The van der Waals surface area contributed by atoms with Gasteiger partial charge in [0.05, 0.1) is 0 Å². The second-order valence-corrected chi connectivity index (χ2v) is 9.40. The molecule has 1 aliphatic rings. The number of carbonyl (C=O) groups excluding carboxylic acids is 3. The molecule has 0 aliphatic carbocycles.